The van der Waals surface area contributed by atoms with Gasteiger partial charge in [-0.25, -0.2) is 13.9 Å². The second-order valence-corrected chi connectivity index (χ2v) is 6.47. The number of aryl methyl sites for hydroxylation is 1. The van der Waals surface area contributed by atoms with E-state index in [1.165, 1.54) is 44.3 Å². The maximum Gasteiger partial charge on any atom is 0.335 e. The fraction of sp³-hybridized carbons (Fsp3) is 0.500. The van der Waals surface area contributed by atoms with E-state index >= 15 is 0 Å². The van der Waals surface area contributed by atoms with Crippen LogP contribution in [0.4, 0.5) is 0 Å². The average molecular weight is 329 g/mol. The molecule has 2 aromatic rings. The third-order valence-corrected chi connectivity index (χ3v) is 4.52. The number of nitrogens with zero attached hydrogens (tertiary/aromatic N) is 2. The van der Waals surface area contributed by atoms with Crippen LogP contribution in [0.2, 0.25) is 0 Å². The largest absolute Gasteiger partial charge is 0.478 e. The SMILES string of the molecule is CCCCCCCCc1n(Cc2ccc(C(=O)O)cc2)cc[n+]1C. The van der Waals surface area contributed by atoms with Crippen molar-refractivity contribution in [3.8, 4) is 0 Å². The molecule has 0 atom stereocenters. The van der Waals surface area contributed by atoms with Crippen LogP contribution in [0.15, 0.2) is 36.7 Å². The molecule has 0 saturated heterocycles. The average Bonchev–Trinajstić information content (AvgIpc) is 2.91. The quantitative estimate of drug-likeness (QED) is 0.530. The van der Waals surface area contributed by atoms with E-state index in [1.807, 2.05) is 12.1 Å². The molecule has 4 heteroatoms. The van der Waals surface area contributed by atoms with E-state index in [1.54, 1.807) is 12.1 Å². The van der Waals surface area contributed by atoms with Gasteiger partial charge in [0.25, 0.3) is 5.82 Å². The Kier molecular flexibility index (Phi) is 7.04. The zero-order valence-corrected chi connectivity index (χ0v) is 14.9. The summed E-state index contributed by atoms with van der Waals surface area (Å²) in [6.07, 6.45) is 13.1. The minimum absolute atomic E-state index is 0.337. The normalized spacial score (nSPS) is 10.9. The van der Waals surface area contributed by atoms with Crippen molar-refractivity contribution in [1.82, 2.24) is 4.57 Å². The molecule has 0 unspecified atom stereocenters. The molecule has 0 amide bonds. The second kappa shape index (κ2) is 9.26. The van der Waals surface area contributed by atoms with Crippen LogP contribution in [0.3, 0.4) is 0 Å². The van der Waals surface area contributed by atoms with Crippen LogP contribution in [-0.4, -0.2) is 15.6 Å². The number of aromatic nitrogens is 2. The summed E-state index contributed by atoms with van der Waals surface area (Å²) in [4.78, 5) is 10.9. The molecule has 0 spiro atoms. The molecule has 1 aromatic heterocycles. The molecular formula is C20H29N2O2+. The fourth-order valence-corrected chi connectivity index (χ4v) is 3.03. The van der Waals surface area contributed by atoms with Gasteiger partial charge in [-0.1, -0.05) is 51.2 Å². The number of aromatic carboxylic acids is 1. The summed E-state index contributed by atoms with van der Waals surface area (Å²) in [5, 5.41) is 8.98. The molecule has 24 heavy (non-hydrogen) atoms. The number of benzene rings is 1. The highest BCUT2D eigenvalue weighted by Gasteiger charge is 2.14. The Morgan fingerprint density at radius 3 is 2.42 bits per heavy atom. The predicted octanol–water partition coefficient (Wildman–Crippen LogP) is 3.96. The summed E-state index contributed by atoms with van der Waals surface area (Å²) in [5.74, 6) is 0.450. The Balaban J connectivity index is 1.92. The van der Waals surface area contributed by atoms with E-state index in [0.717, 1.165) is 18.5 Å². The molecule has 0 aliphatic rings. The molecule has 0 fully saturated rings. The topological polar surface area (TPSA) is 46.1 Å². The smallest absolute Gasteiger partial charge is 0.335 e. The maximum atomic E-state index is 10.9. The van der Waals surface area contributed by atoms with Gasteiger partial charge in [0.05, 0.1) is 12.6 Å². The number of carbonyl (C=O) groups is 1. The first-order valence-electron chi connectivity index (χ1n) is 8.97. The third kappa shape index (κ3) is 5.22. The van der Waals surface area contributed by atoms with E-state index in [0.29, 0.717) is 5.56 Å². The van der Waals surface area contributed by atoms with Gasteiger partial charge in [0.15, 0.2) is 0 Å². The third-order valence-electron chi connectivity index (χ3n) is 4.52. The summed E-state index contributed by atoms with van der Waals surface area (Å²) in [6.45, 7) is 3.03. The Labute approximate surface area is 144 Å². The number of rotatable bonds is 10. The predicted molar refractivity (Wildman–Crippen MR) is 95.2 cm³/mol. The summed E-state index contributed by atoms with van der Waals surface area (Å²) >= 11 is 0. The van der Waals surface area contributed by atoms with Gasteiger partial charge in [-0.2, -0.15) is 0 Å². The lowest BCUT2D eigenvalue weighted by Crippen LogP contribution is -2.32. The highest BCUT2D eigenvalue weighted by molar-refractivity contribution is 5.87. The molecule has 0 aliphatic heterocycles. The van der Waals surface area contributed by atoms with E-state index < -0.39 is 5.97 Å². The van der Waals surface area contributed by atoms with Gasteiger partial charge in [0, 0.05) is 6.42 Å². The Morgan fingerprint density at radius 1 is 1.08 bits per heavy atom. The van der Waals surface area contributed by atoms with Crippen LogP contribution in [0.5, 0.6) is 0 Å². The van der Waals surface area contributed by atoms with Crippen LogP contribution in [0.1, 0.15) is 67.2 Å². The van der Waals surface area contributed by atoms with Crippen LogP contribution in [0, 0.1) is 0 Å². The first-order valence-corrected chi connectivity index (χ1v) is 8.97. The molecule has 1 heterocycles. The van der Waals surface area contributed by atoms with E-state index in [4.69, 9.17) is 5.11 Å². The summed E-state index contributed by atoms with van der Waals surface area (Å²) < 4.78 is 4.46. The zero-order chi connectivity index (χ0) is 17.4. The number of imidazole rings is 1. The van der Waals surface area contributed by atoms with Crippen LogP contribution in [0.25, 0.3) is 0 Å². The lowest BCUT2D eigenvalue weighted by Gasteiger charge is -2.05. The first kappa shape index (κ1) is 18.2. The van der Waals surface area contributed by atoms with Crippen LogP contribution < -0.4 is 4.57 Å². The van der Waals surface area contributed by atoms with Crippen molar-refractivity contribution in [2.45, 2.75) is 58.4 Å². The van der Waals surface area contributed by atoms with Crippen molar-refractivity contribution in [3.63, 3.8) is 0 Å². The van der Waals surface area contributed by atoms with Crippen LogP contribution >= 0.6 is 0 Å². The fourth-order valence-electron chi connectivity index (χ4n) is 3.03. The number of carboxylic acids is 1. The van der Waals surface area contributed by atoms with Crippen molar-refractivity contribution in [2.24, 2.45) is 7.05 Å². The summed E-state index contributed by atoms with van der Waals surface area (Å²) in [7, 11) is 2.09. The maximum absolute atomic E-state index is 10.9. The molecule has 2 rings (SSSR count). The highest BCUT2D eigenvalue weighted by atomic mass is 16.4. The summed E-state index contributed by atoms with van der Waals surface area (Å²) in [5.41, 5.74) is 1.46. The number of hydrogen-bond donors (Lipinski definition) is 1. The van der Waals surface area contributed by atoms with Gasteiger partial charge in [-0.3, -0.25) is 0 Å². The minimum Gasteiger partial charge on any atom is -0.478 e. The molecule has 0 saturated carbocycles. The van der Waals surface area contributed by atoms with Gasteiger partial charge < -0.3 is 5.11 Å². The van der Waals surface area contributed by atoms with Gasteiger partial charge >= 0.3 is 5.97 Å². The van der Waals surface area contributed by atoms with Crippen molar-refractivity contribution in [2.75, 3.05) is 0 Å². The molecule has 1 N–H and O–H groups in total. The van der Waals surface area contributed by atoms with Crippen molar-refractivity contribution < 1.29 is 14.5 Å². The molecule has 1 aromatic carbocycles. The minimum atomic E-state index is -0.877. The van der Waals surface area contributed by atoms with Crippen molar-refractivity contribution in [3.05, 3.63) is 53.6 Å². The van der Waals surface area contributed by atoms with Gasteiger partial charge in [0.2, 0.25) is 0 Å². The highest BCUT2D eigenvalue weighted by Crippen LogP contribution is 2.11. The Morgan fingerprint density at radius 2 is 1.75 bits per heavy atom. The zero-order valence-electron chi connectivity index (χ0n) is 14.9. The first-order chi connectivity index (χ1) is 11.6. The Hall–Kier alpha value is -2.10. The molecule has 0 aliphatic carbocycles. The molecule has 0 radical (unpaired) electrons. The van der Waals surface area contributed by atoms with E-state index in [2.05, 4.69) is 35.5 Å². The van der Waals surface area contributed by atoms with Gasteiger partial charge in [0.1, 0.15) is 18.9 Å². The van der Waals surface area contributed by atoms with Gasteiger partial charge in [-0.05, 0) is 24.1 Å². The molecule has 130 valence electrons. The van der Waals surface area contributed by atoms with Crippen LogP contribution in [-0.2, 0) is 20.0 Å². The molecule has 4 nitrogen and oxygen atoms in total. The lowest BCUT2D eigenvalue weighted by atomic mass is 10.1. The van der Waals surface area contributed by atoms with E-state index in [9.17, 15) is 4.79 Å². The number of carboxylic acid groups (broad SMARTS) is 1. The monoisotopic (exact) mass is 329 g/mol. The number of unbranched alkanes of at least 4 members (excludes halogenated alkanes) is 5. The van der Waals surface area contributed by atoms with Crippen molar-refractivity contribution >= 4 is 5.97 Å². The summed E-state index contributed by atoms with van der Waals surface area (Å²) in [6, 6.07) is 7.15. The standard InChI is InChI=1S/C20H28N2O2/c1-3-4-5-6-7-8-9-19-21(2)14-15-22(19)16-17-10-12-18(13-11-17)20(23)24/h10-15H,3-9,16H2,1-2H3/p+1. The lowest BCUT2D eigenvalue weighted by molar-refractivity contribution is -0.678. The molecular weight excluding hydrogens is 300 g/mol. The van der Waals surface area contributed by atoms with Gasteiger partial charge in [-0.15, -0.1) is 0 Å². The molecule has 0 bridgehead atoms. The second-order valence-electron chi connectivity index (χ2n) is 6.47. The number of hydrogen-bond acceptors (Lipinski definition) is 1. The van der Waals surface area contributed by atoms with E-state index in [-0.39, 0.29) is 0 Å². The van der Waals surface area contributed by atoms with Crippen molar-refractivity contribution in [1.29, 1.82) is 0 Å². The Bertz CT molecular complexity index is 644.